The monoisotopic (exact) mass is 256 g/mol. The molecule has 4 nitrogen and oxygen atoms in total. The van der Waals surface area contributed by atoms with Gasteiger partial charge < -0.3 is 9.47 Å². The summed E-state index contributed by atoms with van der Waals surface area (Å²) in [6.07, 6.45) is 1.87. The third-order valence-electron chi connectivity index (χ3n) is 2.76. The van der Waals surface area contributed by atoms with E-state index >= 15 is 0 Å². The zero-order valence-corrected chi connectivity index (χ0v) is 11.8. The Bertz CT molecular complexity index is 442. The SMILES string of the molecule is CCCN(CCC)C(=O)c1sc(=O)n(C)c1C. The Morgan fingerprint density at radius 1 is 1.29 bits per heavy atom. The van der Waals surface area contributed by atoms with E-state index < -0.39 is 0 Å². The summed E-state index contributed by atoms with van der Waals surface area (Å²) in [6, 6.07) is 0. The molecule has 0 fully saturated rings. The van der Waals surface area contributed by atoms with E-state index in [1.807, 2.05) is 11.8 Å². The van der Waals surface area contributed by atoms with Crippen LogP contribution >= 0.6 is 11.3 Å². The van der Waals surface area contributed by atoms with Crippen LogP contribution in [0.2, 0.25) is 0 Å². The van der Waals surface area contributed by atoms with Crippen LogP contribution in [0.1, 0.15) is 42.1 Å². The largest absolute Gasteiger partial charge is 0.338 e. The number of hydrogen-bond donors (Lipinski definition) is 0. The highest BCUT2D eigenvalue weighted by Crippen LogP contribution is 2.14. The molecule has 1 amide bonds. The summed E-state index contributed by atoms with van der Waals surface area (Å²) in [5, 5.41) is 0. The van der Waals surface area contributed by atoms with Crippen molar-refractivity contribution in [2.75, 3.05) is 13.1 Å². The molecule has 1 rings (SSSR count). The standard InChI is InChI=1S/C12H20N2O2S/c1-5-7-14(8-6-2)11(15)10-9(3)13(4)12(16)17-10/h5-8H2,1-4H3. The number of nitrogens with zero attached hydrogens (tertiary/aromatic N) is 2. The van der Waals surface area contributed by atoms with Crippen molar-refractivity contribution in [2.24, 2.45) is 7.05 Å². The van der Waals surface area contributed by atoms with E-state index in [1.54, 1.807) is 7.05 Å². The van der Waals surface area contributed by atoms with Gasteiger partial charge >= 0.3 is 4.87 Å². The van der Waals surface area contributed by atoms with Crippen molar-refractivity contribution in [3.05, 3.63) is 20.2 Å². The molecule has 17 heavy (non-hydrogen) atoms. The molecule has 1 aromatic rings. The molecule has 0 aliphatic rings. The minimum absolute atomic E-state index is 0.00565. The van der Waals surface area contributed by atoms with E-state index in [2.05, 4.69) is 13.8 Å². The Morgan fingerprint density at radius 2 is 1.82 bits per heavy atom. The van der Waals surface area contributed by atoms with E-state index in [0.717, 1.165) is 43.0 Å². The molecule has 5 heteroatoms. The Morgan fingerprint density at radius 3 is 2.18 bits per heavy atom. The first-order chi connectivity index (χ1) is 8.02. The summed E-state index contributed by atoms with van der Waals surface area (Å²) in [5.41, 5.74) is 0.766. The molecule has 0 saturated carbocycles. The van der Waals surface area contributed by atoms with Crippen LogP contribution in [0.3, 0.4) is 0 Å². The fourth-order valence-electron chi connectivity index (χ4n) is 1.72. The Kier molecular flexibility index (Phi) is 4.93. The van der Waals surface area contributed by atoms with Gasteiger partial charge in [-0.15, -0.1) is 0 Å². The molecule has 0 atom stereocenters. The number of amides is 1. The van der Waals surface area contributed by atoms with Gasteiger partial charge in [0.05, 0.1) is 0 Å². The maximum absolute atomic E-state index is 12.3. The van der Waals surface area contributed by atoms with Crippen molar-refractivity contribution in [1.29, 1.82) is 0 Å². The third-order valence-corrected chi connectivity index (χ3v) is 3.89. The van der Waals surface area contributed by atoms with Crippen molar-refractivity contribution in [3.8, 4) is 0 Å². The predicted molar refractivity (Wildman–Crippen MR) is 70.8 cm³/mol. The molecule has 1 aromatic heterocycles. The number of aromatic nitrogens is 1. The van der Waals surface area contributed by atoms with Gasteiger partial charge in [0.15, 0.2) is 0 Å². The first-order valence-corrected chi connectivity index (χ1v) is 6.80. The Balaban J connectivity index is 3.00. The van der Waals surface area contributed by atoms with Crippen LogP contribution in [0.15, 0.2) is 4.79 Å². The van der Waals surface area contributed by atoms with Crippen molar-refractivity contribution >= 4 is 17.2 Å². The lowest BCUT2D eigenvalue weighted by atomic mass is 10.3. The van der Waals surface area contributed by atoms with Crippen LogP contribution in [0.4, 0.5) is 0 Å². The second-order valence-electron chi connectivity index (χ2n) is 4.13. The van der Waals surface area contributed by atoms with Gasteiger partial charge in [0, 0.05) is 25.8 Å². The van der Waals surface area contributed by atoms with Crippen LogP contribution in [0.25, 0.3) is 0 Å². The number of carbonyl (C=O) groups is 1. The van der Waals surface area contributed by atoms with E-state index in [1.165, 1.54) is 4.57 Å². The lowest BCUT2D eigenvalue weighted by molar-refractivity contribution is 0.0759. The fraction of sp³-hybridized carbons (Fsp3) is 0.667. The normalized spacial score (nSPS) is 10.6. The van der Waals surface area contributed by atoms with Crippen LogP contribution in [0.5, 0.6) is 0 Å². The molecule has 0 aliphatic carbocycles. The van der Waals surface area contributed by atoms with Gasteiger partial charge in [0.1, 0.15) is 4.88 Å². The molecule has 0 aliphatic heterocycles. The fourth-order valence-corrected chi connectivity index (χ4v) is 2.67. The van der Waals surface area contributed by atoms with Crippen LogP contribution in [-0.4, -0.2) is 28.5 Å². The molecule has 0 saturated heterocycles. The molecule has 0 N–H and O–H groups in total. The highest BCUT2D eigenvalue weighted by molar-refractivity contribution is 7.11. The van der Waals surface area contributed by atoms with Gasteiger partial charge in [-0.05, 0) is 19.8 Å². The molecular weight excluding hydrogens is 236 g/mol. The number of thiazole rings is 1. The number of rotatable bonds is 5. The first kappa shape index (κ1) is 14.0. The Labute approximate surface area is 106 Å². The average Bonchev–Trinajstić information content (AvgIpc) is 2.56. The quantitative estimate of drug-likeness (QED) is 0.809. The molecule has 0 radical (unpaired) electrons. The predicted octanol–water partition coefficient (Wildman–Crippen LogP) is 2.02. The first-order valence-electron chi connectivity index (χ1n) is 5.98. The van der Waals surface area contributed by atoms with Crippen LogP contribution < -0.4 is 4.87 Å². The van der Waals surface area contributed by atoms with E-state index in [-0.39, 0.29) is 10.8 Å². The van der Waals surface area contributed by atoms with E-state index in [9.17, 15) is 9.59 Å². The Hall–Kier alpha value is -1.10. The van der Waals surface area contributed by atoms with Gasteiger partial charge in [-0.25, -0.2) is 0 Å². The lowest BCUT2D eigenvalue weighted by Crippen LogP contribution is -2.32. The van der Waals surface area contributed by atoms with Crippen LogP contribution in [-0.2, 0) is 7.05 Å². The zero-order chi connectivity index (χ0) is 13.0. The lowest BCUT2D eigenvalue weighted by Gasteiger charge is -2.20. The summed E-state index contributed by atoms with van der Waals surface area (Å²) < 4.78 is 1.54. The maximum Gasteiger partial charge on any atom is 0.307 e. The topological polar surface area (TPSA) is 42.3 Å². The highest BCUT2D eigenvalue weighted by atomic mass is 32.1. The number of carbonyl (C=O) groups excluding carboxylic acids is 1. The van der Waals surface area contributed by atoms with Crippen molar-refractivity contribution in [1.82, 2.24) is 9.47 Å². The van der Waals surface area contributed by atoms with Crippen LogP contribution in [0, 0.1) is 6.92 Å². The summed E-state index contributed by atoms with van der Waals surface area (Å²) in [6.45, 7) is 7.43. The highest BCUT2D eigenvalue weighted by Gasteiger charge is 2.20. The molecule has 0 unspecified atom stereocenters. The summed E-state index contributed by atoms with van der Waals surface area (Å²) in [4.78, 5) is 26.2. The van der Waals surface area contributed by atoms with Gasteiger partial charge in [0.2, 0.25) is 0 Å². The zero-order valence-electron chi connectivity index (χ0n) is 10.9. The minimum Gasteiger partial charge on any atom is -0.338 e. The molecule has 0 spiro atoms. The second kappa shape index (κ2) is 6.00. The third kappa shape index (κ3) is 2.97. The second-order valence-corrected chi connectivity index (χ2v) is 5.10. The average molecular weight is 256 g/mol. The maximum atomic E-state index is 12.3. The molecule has 0 aromatic carbocycles. The van der Waals surface area contributed by atoms with Gasteiger partial charge in [0.25, 0.3) is 5.91 Å². The molecular formula is C12H20N2O2S. The van der Waals surface area contributed by atoms with Gasteiger partial charge in [-0.1, -0.05) is 25.2 Å². The molecule has 96 valence electrons. The van der Waals surface area contributed by atoms with Gasteiger partial charge in [-0.2, -0.15) is 0 Å². The smallest absolute Gasteiger partial charge is 0.307 e. The minimum atomic E-state index is -0.0706. The van der Waals surface area contributed by atoms with Crippen molar-refractivity contribution < 1.29 is 4.79 Å². The molecule has 0 bridgehead atoms. The summed E-state index contributed by atoms with van der Waals surface area (Å²) in [5.74, 6) is -0.00565. The summed E-state index contributed by atoms with van der Waals surface area (Å²) in [7, 11) is 1.70. The number of hydrogen-bond acceptors (Lipinski definition) is 3. The van der Waals surface area contributed by atoms with Gasteiger partial charge in [-0.3, -0.25) is 9.59 Å². The molecule has 1 heterocycles. The van der Waals surface area contributed by atoms with Crippen molar-refractivity contribution in [3.63, 3.8) is 0 Å². The van der Waals surface area contributed by atoms with Crippen molar-refractivity contribution in [2.45, 2.75) is 33.6 Å². The summed E-state index contributed by atoms with van der Waals surface area (Å²) >= 11 is 1.05. The van der Waals surface area contributed by atoms with E-state index in [0.29, 0.717) is 4.88 Å². The van der Waals surface area contributed by atoms with E-state index in [4.69, 9.17) is 0 Å².